The topological polar surface area (TPSA) is 55.8 Å². The Bertz CT molecular complexity index is 657. The van der Waals surface area contributed by atoms with Crippen LogP contribution in [-0.4, -0.2) is 25.3 Å². The summed E-state index contributed by atoms with van der Waals surface area (Å²) in [7, 11) is 3.14. The zero-order valence-electron chi connectivity index (χ0n) is 11.9. The lowest BCUT2D eigenvalue weighted by Crippen LogP contribution is -2.00. The number of hydrogen-bond acceptors (Lipinski definition) is 3. The van der Waals surface area contributed by atoms with Crippen molar-refractivity contribution in [2.24, 2.45) is 0 Å². The van der Waals surface area contributed by atoms with Gasteiger partial charge in [0.15, 0.2) is 0 Å². The summed E-state index contributed by atoms with van der Waals surface area (Å²) in [6, 6.07) is 14.2. The van der Waals surface area contributed by atoms with E-state index in [1.165, 1.54) is 0 Å². The number of carboxylic acid groups (broad SMARTS) is 1. The second-order valence-corrected chi connectivity index (χ2v) is 4.37. The Morgan fingerprint density at radius 1 is 1.00 bits per heavy atom. The largest absolute Gasteiger partial charge is 0.497 e. The Morgan fingerprint density at radius 3 is 2.24 bits per heavy atom. The summed E-state index contributed by atoms with van der Waals surface area (Å²) in [4.78, 5) is 11.5. The predicted molar refractivity (Wildman–Crippen MR) is 81.5 cm³/mol. The van der Waals surface area contributed by atoms with Gasteiger partial charge in [0.1, 0.15) is 11.5 Å². The van der Waals surface area contributed by atoms with Crippen molar-refractivity contribution in [3.05, 3.63) is 59.7 Å². The molecule has 0 radical (unpaired) electrons. The number of carboxylic acids is 1. The molecular formula is C17H16O4. The van der Waals surface area contributed by atoms with Crippen LogP contribution >= 0.6 is 0 Å². The van der Waals surface area contributed by atoms with Crippen LogP contribution in [0.3, 0.4) is 0 Å². The maximum Gasteiger partial charge on any atom is 0.336 e. The van der Waals surface area contributed by atoms with Crippen molar-refractivity contribution >= 4 is 17.6 Å². The van der Waals surface area contributed by atoms with Gasteiger partial charge in [-0.25, -0.2) is 4.79 Å². The predicted octanol–water partition coefficient (Wildman–Crippen LogP) is 3.33. The van der Waals surface area contributed by atoms with Gasteiger partial charge in [-0.2, -0.15) is 0 Å². The van der Waals surface area contributed by atoms with E-state index in [4.69, 9.17) is 9.47 Å². The van der Waals surface area contributed by atoms with E-state index in [0.717, 1.165) is 11.3 Å². The first-order valence-corrected chi connectivity index (χ1v) is 6.37. The number of benzene rings is 2. The van der Waals surface area contributed by atoms with E-state index in [1.54, 1.807) is 56.7 Å². The molecular weight excluding hydrogens is 268 g/mol. The van der Waals surface area contributed by atoms with Crippen molar-refractivity contribution in [1.82, 2.24) is 0 Å². The van der Waals surface area contributed by atoms with E-state index in [1.807, 2.05) is 12.1 Å². The number of aliphatic carboxylic acids is 1. The molecule has 2 aromatic carbocycles. The first-order valence-electron chi connectivity index (χ1n) is 6.37. The Hall–Kier alpha value is -2.75. The molecule has 2 rings (SSSR count). The second-order valence-electron chi connectivity index (χ2n) is 4.37. The van der Waals surface area contributed by atoms with Crippen LogP contribution in [0.15, 0.2) is 48.5 Å². The number of hydrogen-bond donors (Lipinski definition) is 1. The normalized spacial score (nSPS) is 11.0. The average molecular weight is 284 g/mol. The van der Waals surface area contributed by atoms with Gasteiger partial charge in [-0.1, -0.05) is 24.3 Å². The number of methoxy groups -OCH3 is 2. The van der Waals surface area contributed by atoms with E-state index >= 15 is 0 Å². The molecule has 0 saturated heterocycles. The lowest BCUT2D eigenvalue weighted by Gasteiger charge is -2.06. The minimum atomic E-state index is -0.987. The monoisotopic (exact) mass is 284 g/mol. The van der Waals surface area contributed by atoms with Gasteiger partial charge in [0.2, 0.25) is 0 Å². The minimum absolute atomic E-state index is 0.207. The maximum atomic E-state index is 11.5. The smallest absolute Gasteiger partial charge is 0.336 e. The van der Waals surface area contributed by atoms with E-state index in [0.29, 0.717) is 11.3 Å². The van der Waals surface area contributed by atoms with Crippen LogP contribution in [0.5, 0.6) is 11.5 Å². The van der Waals surface area contributed by atoms with Gasteiger partial charge in [-0.05, 0) is 41.5 Å². The third-order valence-corrected chi connectivity index (χ3v) is 3.04. The molecule has 0 atom stereocenters. The zero-order valence-corrected chi connectivity index (χ0v) is 11.9. The molecule has 0 unspecified atom stereocenters. The number of carbonyl (C=O) groups is 1. The summed E-state index contributed by atoms with van der Waals surface area (Å²) in [5, 5.41) is 9.42. The first-order chi connectivity index (χ1) is 10.1. The quantitative estimate of drug-likeness (QED) is 0.676. The fraction of sp³-hybridized carbons (Fsp3) is 0.118. The van der Waals surface area contributed by atoms with E-state index in [-0.39, 0.29) is 5.57 Å². The van der Waals surface area contributed by atoms with Crippen molar-refractivity contribution in [1.29, 1.82) is 0 Å². The summed E-state index contributed by atoms with van der Waals surface area (Å²) in [5.74, 6) is 0.360. The van der Waals surface area contributed by atoms with E-state index in [2.05, 4.69) is 0 Å². The molecule has 0 aliphatic rings. The molecule has 1 N–H and O–H groups in total. The highest BCUT2D eigenvalue weighted by Crippen LogP contribution is 2.23. The van der Waals surface area contributed by atoms with Crippen molar-refractivity contribution in [3.63, 3.8) is 0 Å². The molecule has 0 heterocycles. The zero-order chi connectivity index (χ0) is 15.2. The molecule has 21 heavy (non-hydrogen) atoms. The SMILES string of the molecule is COc1ccc(/C=C(\C(=O)O)c2cccc(OC)c2)cc1. The molecule has 0 aromatic heterocycles. The van der Waals surface area contributed by atoms with Crippen molar-refractivity contribution in [2.75, 3.05) is 14.2 Å². The van der Waals surface area contributed by atoms with E-state index in [9.17, 15) is 9.90 Å². The van der Waals surface area contributed by atoms with Crippen molar-refractivity contribution < 1.29 is 19.4 Å². The van der Waals surface area contributed by atoms with Crippen LogP contribution < -0.4 is 9.47 Å². The lowest BCUT2D eigenvalue weighted by molar-refractivity contribution is -0.130. The average Bonchev–Trinajstić information content (AvgIpc) is 2.53. The second kappa shape index (κ2) is 6.61. The molecule has 0 bridgehead atoms. The fourth-order valence-corrected chi connectivity index (χ4v) is 1.93. The standard InChI is InChI=1S/C17H16O4/c1-20-14-8-6-12(7-9-14)10-16(17(18)19)13-4-3-5-15(11-13)21-2/h3-11H,1-2H3,(H,18,19)/b16-10-. The molecule has 0 aliphatic carbocycles. The van der Waals surface area contributed by atoms with Crippen LogP contribution in [0.2, 0.25) is 0 Å². The summed E-state index contributed by atoms with van der Waals surface area (Å²) in [6.07, 6.45) is 1.62. The van der Waals surface area contributed by atoms with Crippen LogP contribution in [0.4, 0.5) is 0 Å². The maximum absolute atomic E-state index is 11.5. The summed E-state index contributed by atoms with van der Waals surface area (Å²) >= 11 is 0. The molecule has 4 heteroatoms. The Morgan fingerprint density at radius 2 is 1.67 bits per heavy atom. The summed E-state index contributed by atoms with van der Waals surface area (Å²) in [6.45, 7) is 0. The van der Waals surface area contributed by atoms with Crippen molar-refractivity contribution in [2.45, 2.75) is 0 Å². The van der Waals surface area contributed by atoms with E-state index < -0.39 is 5.97 Å². The van der Waals surface area contributed by atoms with Crippen LogP contribution in [0.25, 0.3) is 11.6 Å². The highest BCUT2D eigenvalue weighted by Gasteiger charge is 2.11. The summed E-state index contributed by atoms with van der Waals surface area (Å²) in [5.41, 5.74) is 1.59. The fourth-order valence-electron chi connectivity index (χ4n) is 1.93. The van der Waals surface area contributed by atoms with Crippen LogP contribution in [0, 0.1) is 0 Å². The number of ether oxygens (including phenoxy) is 2. The first kappa shape index (κ1) is 14.7. The summed E-state index contributed by atoms with van der Waals surface area (Å²) < 4.78 is 10.2. The Labute approximate surface area is 123 Å². The molecule has 0 amide bonds. The highest BCUT2D eigenvalue weighted by molar-refractivity contribution is 6.20. The Balaban J connectivity index is 2.41. The molecule has 2 aromatic rings. The highest BCUT2D eigenvalue weighted by atomic mass is 16.5. The van der Waals surface area contributed by atoms with Gasteiger partial charge < -0.3 is 14.6 Å². The molecule has 0 aliphatic heterocycles. The molecule has 0 saturated carbocycles. The molecule has 0 fully saturated rings. The van der Waals surface area contributed by atoms with Gasteiger partial charge >= 0.3 is 5.97 Å². The molecule has 108 valence electrons. The van der Waals surface area contributed by atoms with Gasteiger partial charge in [-0.3, -0.25) is 0 Å². The van der Waals surface area contributed by atoms with Crippen LogP contribution in [0.1, 0.15) is 11.1 Å². The van der Waals surface area contributed by atoms with Crippen LogP contribution in [-0.2, 0) is 4.79 Å². The molecule has 0 spiro atoms. The van der Waals surface area contributed by atoms with Gasteiger partial charge in [0.25, 0.3) is 0 Å². The van der Waals surface area contributed by atoms with Gasteiger partial charge in [-0.15, -0.1) is 0 Å². The van der Waals surface area contributed by atoms with Crippen molar-refractivity contribution in [3.8, 4) is 11.5 Å². The number of rotatable bonds is 5. The third-order valence-electron chi connectivity index (χ3n) is 3.04. The Kier molecular flexibility index (Phi) is 4.61. The third kappa shape index (κ3) is 3.63. The van der Waals surface area contributed by atoms with Gasteiger partial charge in [0, 0.05) is 0 Å². The van der Waals surface area contributed by atoms with Gasteiger partial charge in [0.05, 0.1) is 19.8 Å². The molecule has 4 nitrogen and oxygen atoms in total. The minimum Gasteiger partial charge on any atom is -0.497 e. The lowest BCUT2D eigenvalue weighted by atomic mass is 10.0.